The Labute approximate surface area is 131 Å². The van der Waals surface area contributed by atoms with Crippen molar-refractivity contribution in [2.45, 2.75) is 45.6 Å². The van der Waals surface area contributed by atoms with Gasteiger partial charge < -0.3 is 10.3 Å². The maximum Gasteiger partial charge on any atom is 0.211 e. The number of rotatable bonds is 7. The van der Waals surface area contributed by atoms with E-state index in [0.29, 0.717) is 6.04 Å². The van der Waals surface area contributed by atoms with Gasteiger partial charge in [-0.1, -0.05) is 13.8 Å². The third kappa shape index (κ3) is 2.63. The molecule has 4 nitrogen and oxygen atoms in total. The van der Waals surface area contributed by atoms with Crippen molar-refractivity contribution in [3.63, 3.8) is 0 Å². The lowest BCUT2D eigenvalue weighted by Gasteiger charge is -2.34. The number of anilines is 1. The lowest BCUT2D eigenvalue weighted by Crippen LogP contribution is -2.41. The first-order valence-corrected chi connectivity index (χ1v) is 8.34. The van der Waals surface area contributed by atoms with Crippen LogP contribution >= 0.6 is 0 Å². The molecule has 1 unspecified atom stereocenters. The maximum absolute atomic E-state index is 10.9. The Balaban J connectivity index is 1.98. The monoisotopic (exact) mass is 299 g/mol. The highest BCUT2D eigenvalue weighted by Gasteiger charge is 2.27. The standard InChI is InChI=1S/C18H25N3O/c1-3-7-21(8-4-2)14-9-13-11-19-17-6-5-16(20-12-22)15(10-14)18(13)17/h5-6,11-12,14,19H,3-4,7-10H2,1-2H3,(H,20,22). The van der Waals surface area contributed by atoms with Crippen LogP contribution in [0.25, 0.3) is 10.9 Å². The SMILES string of the molecule is CCCN(CCC)C1Cc2c[nH]c3ccc(NC=O)c(c23)C1. The number of nitrogens with one attached hydrogen (secondary N) is 2. The highest BCUT2D eigenvalue weighted by atomic mass is 16.1. The minimum Gasteiger partial charge on any atom is -0.361 e. The molecule has 118 valence electrons. The van der Waals surface area contributed by atoms with Gasteiger partial charge in [0.15, 0.2) is 0 Å². The Morgan fingerprint density at radius 1 is 1.27 bits per heavy atom. The van der Waals surface area contributed by atoms with Gasteiger partial charge in [-0.2, -0.15) is 0 Å². The van der Waals surface area contributed by atoms with Crippen LogP contribution in [-0.4, -0.2) is 35.4 Å². The zero-order chi connectivity index (χ0) is 15.5. The molecular weight excluding hydrogens is 274 g/mol. The summed E-state index contributed by atoms with van der Waals surface area (Å²) >= 11 is 0. The number of amides is 1. The van der Waals surface area contributed by atoms with E-state index in [9.17, 15) is 4.79 Å². The van der Waals surface area contributed by atoms with Gasteiger partial charge in [0, 0.05) is 28.8 Å². The average Bonchev–Trinajstić information content (AvgIpc) is 2.94. The van der Waals surface area contributed by atoms with E-state index in [-0.39, 0.29) is 0 Å². The largest absolute Gasteiger partial charge is 0.361 e. The van der Waals surface area contributed by atoms with E-state index >= 15 is 0 Å². The average molecular weight is 299 g/mol. The first-order valence-electron chi connectivity index (χ1n) is 8.34. The van der Waals surface area contributed by atoms with Gasteiger partial charge >= 0.3 is 0 Å². The quantitative estimate of drug-likeness (QED) is 0.770. The van der Waals surface area contributed by atoms with E-state index in [1.165, 1.54) is 34.9 Å². The number of carbonyl (C=O) groups excluding carboxylic acids is 1. The number of nitrogens with zero attached hydrogens (tertiary/aromatic N) is 1. The van der Waals surface area contributed by atoms with Gasteiger partial charge in [-0.25, -0.2) is 0 Å². The van der Waals surface area contributed by atoms with Crippen LogP contribution in [0.2, 0.25) is 0 Å². The molecule has 0 radical (unpaired) electrons. The fourth-order valence-corrected chi connectivity index (χ4v) is 3.81. The summed E-state index contributed by atoms with van der Waals surface area (Å²) in [7, 11) is 0. The van der Waals surface area contributed by atoms with Crippen molar-refractivity contribution < 1.29 is 4.79 Å². The number of hydrogen-bond acceptors (Lipinski definition) is 2. The van der Waals surface area contributed by atoms with Gasteiger partial charge in [-0.05, 0) is 62.0 Å². The van der Waals surface area contributed by atoms with E-state index in [1.807, 2.05) is 6.07 Å². The van der Waals surface area contributed by atoms with Crippen LogP contribution in [0.3, 0.4) is 0 Å². The van der Waals surface area contributed by atoms with Crippen molar-refractivity contribution in [3.05, 3.63) is 29.5 Å². The molecule has 0 saturated carbocycles. The molecule has 22 heavy (non-hydrogen) atoms. The minimum atomic E-state index is 0.529. The summed E-state index contributed by atoms with van der Waals surface area (Å²) in [5.41, 5.74) is 4.81. The topological polar surface area (TPSA) is 48.1 Å². The Kier molecular flexibility index (Phi) is 4.48. The molecule has 1 aliphatic carbocycles. The Morgan fingerprint density at radius 2 is 2.05 bits per heavy atom. The first-order chi connectivity index (χ1) is 10.8. The van der Waals surface area contributed by atoms with Gasteiger partial charge in [-0.15, -0.1) is 0 Å². The summed E-state index contributed by atoms with van der Waals surface area (Å²) in [6, 6.07) is 4.60. The first kappa shape index (κ1) is 15.1. The van der Waals surface area contributed by atoms with Gasteiger partial charge in [-0.3, -0.25) is 9.69 Å². The molecule has 0 saturated heterocycles. The molecule has 1 aromatic carbocycles. The van der Waals surface area contributed by atoms with Crippen LogP contribution in [0.4, 0.5) is 5.69 Å². The predicted octanol–water partition coefficient (Wildman–Crippen LogP) is 3.33. The summed E-state index contributed by atoms with van der Waals surface area (Å²) in [6.45, 7) is 6.77. The molecule has 0 bridgehead atoms. The predicted molar refractivity (Wildman–Crippen MR) is 91.3 cm³/mol. The summed E-state index contributed by atoms with van der Waals surface area (Å²) < 4.78 is 0. The van der Waals surface area contributed by atoms with Gasteiger partial charge in [0.1, 0.15) is 0 Å². The number of hydrogen-bond donors (Lipinski definition) is 2. The third-order valence-corrected chi connectivity index (χ3v) is 4.68. The van der Waals surface area contributed by atoms with Crippen LogP contribution in [0, 0.1) is 0 Å². The van der Waals surface area contributed by atoms with Crippen molar-refractivity contribution in [1.82, 2.24) is 9.88 Å². The highest BCUT2D eigenvalue weighted by molar-refractivity contribution is 5.94. The Bertz CT molecular complexity index is 656. The molecule has 0 spiro atoms. The second kappa shape index (κ2) is 6.53. The molecule has 2 N–H and O–H groups in total. The van der Waals surface area contributed by atoms with Crippen molar-refractivity contribution in [1.29, 1.82) is 0 Å². The molecule has 1 heterocycles. The minimum absolute atomic E-state index is 0.529. The van der Waals surface area contributed by atoms with E-state index < -0.39 is 0 Å². The van der Waals surface area contributed by atoms with Gasteiger partial charge in [0.05, 0.1) is 0 Å². The lowest BCUT2D eigenvalue weighted by atomic mass is 9.87. The number of H-pyrrole nitrogens is 1. The molecule has 4 heteroatoms. The fraction of sp³-hybridized carbons (Fsp3) is 0.500. The molecule has 0 aliphatic heterocycles. The molecule has 2 aromatic rings. The number of aromatic amines is 1. The molecule has 1 atom stereocenters. The summed E-state index contributed by atoms with van der Waals surface area (Å²) in [5.74, 6) is 0. The molecule has 1 aliphatic rings. The number of aromatic nitrogens is 1. The van der Waals surface area contributed by atoms with Crippen LogP contribution in [-0.2, 0) is 17.6 Å². The molecule has 1 aromatic heterocycles. The van der Waals surface area contributed by atoms with Crippen molar-refractivity contribution in [2.75, 3.05) is 18.4 Å². The van der Waals surface area contributed by atoms with Crippen LogP contribution in [0.5, 0.6) is 0 Å². The highest BCUT2D eigenvalue weighted by Crippen LogP contribution is 2.35. The van der Waals surface area contributed by atoms with E-state index in [2.05, 4.69) is 41.3 Å². The van der Waals surface area contributed by atoms with E-state index in [1.54, 1.807) is 0 Å². The van der Waals surface area contributed by atoms with E-state index in [0.717, 1.165) is 38.0 Å². The van der Waals surface area contributed by atoms with Crippen molar-refractivity contribution in [2.24, 2.45) is 0 Å². The second-order valence-corrected chi connectivity index (χ2v) is 6.19. The second-order valence-electron chi connectivity index (χ2n) is 6.19. The molecular formula is C18H25N3O. The maximum atomic E-state index is 10.9. The zero-order valence-electron chi connectivity index (χ0n) is 13.5. The van der Waals surface area contributed by atoms with Crippen molar-refractivity contribution in [3.8, 4) is 0 Å². The normalized spacial score (nSPS) is 17.1. The number of carbonyl (C=O) groups is 1. The molecule has 3 rings (SSSR count). The van der Waals surface area contributed by atoms with Crippen molar-refractivity contribution >= 4 is 23.0 Å². The van der Waals surface area contributed by atoms with Gasteiger partial charge in [0.25, 0.3) is 0 Å². The Morgan fingerprint density at radius 3 is 2.73 bits per heavy atom. The van der Waals surface area contributed by atoms with Gasteiger partial charge in [0.2, 0.25) is 6.41 Å². The molecule has 1 amide bonds. The van der Waals surface area contributed by atoms with Crippen LogP contribution in [0.15, 0.2) is 18.3 Å². The smallest absolute Gasteiger partial charge is 0.211 e. The van der Waals surface area contributed by atoms with Crippen LogP contribution < -0.4 is 5.32 Å². The fourth-order valence-electron chi connectivity index (χ4n) is 3.81. The van der Waals surface area contributed by atoms with Crippen LogP contribution in [0.1, 0.15) is 37.8 Å². The molecule has 0 fully saturated rings. The summed E-state index contributed by atoms with van der Waals surface area (Å²) in [6.07, 6.45) is 7.39. The third-order valence-electron chi connectivity index (χ3n) is 4.68. The summed E-state index contributed by atoms with van der Waals surface area (Å²) in [4.78, 5) is 16.9. The summed E-state index contributed by atoms with van der Waals surface area (Å²) in [5, 5.41) is 4.20. The lowest BCUT2D eigenvalue weighted by molar-refractivity contribution is -0.105. The number of benzene rings is 1. The Hall–Kier alpha value is -1.81. The zero-order valence-corrected chi connectivity index (χ0v) is 13.5. The van der Waals surface area contributed by atoms with E-state index in [4.69, 9.17) is 0 Å².